The molecule has 31 heavy (non-hydrogen) atoms. The van der Waals surface area contributed by atoms with Crippen molar-refractivity contribution in [2.45, 2.75) is 20.0 Å². The van der Waals surface area contributed by atoms with E-state index in [1.807, 2.05) is 49.4 Å². The average molecular weight is 437 g/mol. The van der Waals surface area contributed by atoms with Gasteiger partial charge in [0.25, 0.3) is 0 Å². The van der Waals surface area contributed by atoms with Crippen molar-refractivity contribution in [3.05, 3.63) is 83.4 Å². The predicted molar refractivity (Wildman–Crippen MR) is 129 cm³/mol. The van der Waals surface area contributed by atoms with Crippen molar-refractivity contribution in [2.24, 2.45) is 0 Å². The standard InChI is InChI=1S/C25H28N2O3S/c1-18-5-14-24(30-4)23(15-18)26-25(31)27(16-19-6-10-21(28-2)11-7-19)17-20-8-12-22(29-3)13-9-20/h5-15H,16-17H2,1-4H3,(H,26,31). The van der Waals surface area contributed by atoms with Gasteiger partial charge in [-0.3, -0.25) is 0 Å². The molecule has 0 heterocycles. The number of anilines is 1. The number of nitrogens with zero attached hydrogens (tertiary/aromatic N) is 1. The first kappa shape index (κ1) is 22.4. The summed E-state index contributed by atoms with van der Waals surface area (Å²) in [5.74, 6) is 2.41. The number of benzene rings is 3. The molecule has 6 heteroatoms. The molecule has 3 rings (SSSR count). The Balaban J connectivity index is 1.84. The fourth-order valence-corrected chi connectivity index (χ4v) is 3.45. The number of hydrogen-bond donors (Lipinski definition) is 1. The lowest BCUT2D eigenvalue weighted by Crippen LogP contribution is -2.34. The van der Waals surface area contributed by atoms with Crippen molar-refractivity contribution < 1.29 is 14.2 Å². The van der Waals surface area contributed by atoms with Gasteiger partial charge in [-0.05, 0) is 72.2 Å². The number of nitrogens with one attached hydrogen (secondary N) is 1. The van der Waals surface area contributed by atoms with E-state index in [1.165, 1.54) is 0 Å². The van der Waals surface area contributed by atoms with Crippen LogP contribution < -0.4 is 19.5 Å². The molecular weight excluding hydrogens is 408 g/mol. The van der Waals surface area contributed by atoms with Crippen LogP contribution >= 0.6 is 12.2 Å². The van der Waals surface area contributed by atoms with Gasteiger partial charge in [-0.2, -0.15) is 0 Å². The third kappa shape index (κ3) is 6.12. The van der Waals surface area contributed by atoms with E-state index in [2.05, 4.69) is 34.5 Å². The van der Waals surface area contributed by atoms with Crippen LogP contribution in [0.4, 0.5) is 5.69 Å². The molecule has 0 atom stereocenters. The maximum Gasteiger partial charge on any atom is 0.174 e. The van der Waals surface area contributed by atoms with Crippen molar-refractivity contribution in [2.75, 3.05) is 26.6 Å². The highest BCUT2D eigenvalue weighted by molar-refractivity contribution is 7.80. The van der Waals surface area contributed by atoms with Crippen LogP contribution in [0.3, 0.4) is 0 Å². The van der Waals surface area contributed by atoms with Crippen molar-refractivity contribution in [1.29, 1.82) is 0 Å². The van der Waals surface area contributed by atoms with Crippen molar-refractivity contribution >= 4 is 23.0 Å². The Morgan fingerprint density at radius 2 is 1.29 bits per heavy atom. The van der Waals surface area contributed by atoms with Crippen molar-refractivity contribution in [1.82, 2.24) is 4.90 Å². The van der Waals surface area contributed by atoms with Gasteiger partial charge in [0.2, 0.25) is 0 Å². The normalized spacial score (nSPS) is 10.3. The van der Waals surface area contributed by atoms with E-state index in [4.69, 9.17) is 26.4 Å². The van der Waals surface area contributed by atoms with Gasteiger partial charge in [0, 0.05) is 13.1 Å². The monoisotopic (exact) mass is 436 g/mol. The van der Waals surface area contributed by atoms with Gasteiger partial charge in [0.1, 0.15) is 17.2 Å². The van der Waals surface area contributed by atoms with Crippen LogP contribution in [0.25, 0.3) is 0 Å². The molecule has 0 aliphatic carbocycles. The van der Waals surface area contributed by atoms with Crippen molar-refractivity contribution in [3.8, 4) is 17.2 Å². The van der Waals surface area contributed by atoms with Crippen molar-refractivity contribution in [3.63, 3.8) is 0 Å². The van der Waals surface area contributed by atoms with Crippen LogP contribution in [0.2, 0.25) is 0 Å². The number of ether oxygens (including phenoxy) is 3. The third-order valence-corrected chi connectivity index (χ3v) is 5.31. The average Bonchev–Trinajstić information content (AvgIpc) is 2.79. The molecule has 0 radical (unpaired) electrons. The minimum absolute atomic E-state index is 0.621. The van der Waals surface area contributed by atoms with E-state index in [1.54, 1.807) is 21.3 Å². The Morgan fingerprint density at radius 3 is 1.74 bits per heavy atom. The Morgan fingerprint density at radius 1 is 0.774 bits per heavy atom. The third-order valence-electron chi connectivity index (χ3n) is 4.95. The van der Waals surface area contributed by atoms with Crippen LogP contribution in [0.1, 0.15) is 16.7 Å². The molecule has 0 bridgehead atoms. The lowest BCUT2D eigenvalue weighted by molar-refractivity contribution is 0.403. The molecule has 5 nitrogen and oxygen atoms in total. The van der Waals surface area contributed by atoms with Gasteiger partial charge in [-0.1, -0.05) is 30.3 Å². The molecule has 0 saturated heterocycles. The van der Waals surface area contributed by atoms with Crippen LogP contribution in [0, 0.1) is 6.92 Å². The zero-order chi connectivity index (χ0) is 22.2. The summed E-state index contributed by atoms with van der Waals surface area (Å²) in [5, 5.41) is 3.99. The molecule has 0 spiro atoms. The fourth-order valence-electron chi connectivity index (χ4n) is 3.22. The molecule has 162 valence electrons. The summed E-state index contributed by atoms with van der Waals surface area (Å²) in [5.41, 5.74) is 4.24. The van der Waals surface area contributed by atoms with Crippen LogP contribution in [0.5, 0.6) is 17.2 Å². The van der Waals surface area contributed by atoms with Gasteiger partial charge in [-0.25, -0.2) is 0 Å². The molecule has 3 aromatic carbocycles. The van der Waals surface area contributed by atoms with Gasteiger partial charge < -0.3 is 24.4 Å². The lowest BCUT2D eigenvalue weighted by Gasteiger charge is -2.27. The molecule has 3 aromatic rings. The second-order valence-corrected chi connectivity index (χ2v) is 7.57. The Bertz CT molecular complexity index is 955. The molecule has 0 aliphatic heterocycles. The highest BCUT2D eigenvalue weighted by Crippen LogP contribution is 2.26. The number of aryl methyl sites for hydroxylation is 1. The smallest absolute Gasteiger partial charge is 0.174 e. The molecule has 0 aliphatic rings. The lowest BCUT2D eigenvalue weighted by atomic mass is 10.1. The fraction of sp³-hybridized carbons (Fsp3) is 0.240. The van der Waals surface area contributed by atoms with E-state index in [9.17, 15) is 0 Å². The minimum atomic E-state index is 0.621. The molecule has 0 amide bonds. The highest BCUT2D eigenvalue weighted by atomic mass is 32.1. The maximum atomic E-state index is 5.81. The maximum absolute atomic E-state index is 5.81. The summed E-state index contributed by atoms with van der Waals surface area (Å²) in [6, 6.07) is 22.0. The van der Waals surface area contributed by atoms with Crippen LogP contribution in [-0.4, -0.2) is 31.3 Å². The zero-order valence-corrected chi connectivity index (χ0v) is 19.2. The minimum Gasteiger partial charge on any atom is -0.497 e. The topological polar surface area (TPSA) is 43.0 Å². The Kier molecular flexibility index (Phi) is 7.73. The van der Waals surface area contributed by atoms with Gasteiger partial charge >= 0.3 is 0 Å². The molecular formula is C25H28N2O3S. The Hall–Kier alpha value is -3.25. The van der Waals surface area contributed by atoms with Crippen LogP contribution in [-0.2, 0) is 13.1 Å². The Labute approximate surface area is 189 Å². The predicted octanol–water partition coefficient (Wildman–Crippen LogP) is 5.42. The second kappa shape index (κ2) is 10.7. The summed E-state index contributed by atoms with van der Waals surface area (Å²) >= 11 is 5.81. The van der Waals surface area contributed by atoms with E-state index in [0.29, 0.717) is 18.2 Å². The number of thiocarbonyl (C=S) groups is 1. The quantitative estimate of drug-likeness (QED) is 0.476. The molecule has 0 fully saturated rings. The first-order valence-corrected chi connectivity index (χ1v) is 10.4. The van der Waals surface area contributed by atoms with E-state index in [0.717, 1.165) is 39.6 Å². The van der Waals surface area contributed by atoms with E-state index >= 15 is 0 Å². The van der Waals surface area contributed by atoms with Gasteiger partial charge in [0.15, 0.2) is 5.11 Å². The number of hydrogen-bond acceptors (Lipinski definition) is 4. The first-order chi connectivity index (χ1) is 15.0. The summed E-state index contributed by atoms with van der Waals surface area (Å²) in [6.45, 7) is 3.34. The van der Waals surface area contributed by atoms with Gasteiger partial charge in [-0.15, -0.1) is 0 Å². The summed E-state index contributed by atoms with van der Waals surface area (Å²) < 4.78 is 16.1. The summed E-state index contributed by atoms with van der Waals surface area (Å²) in [7, 11) is 4.99. The summed E-state index contributed by atoms with van der Waals surface area (Å²) in [4.78, 5) is 2.13. The molecule has 0 saturated carbocycles. The molecule has 1 N–H and O–H groups in total. The molecule has 0 unspecified atom stereocenters. The summed E-state index contributed by atoms with van der Waals surface area (Å²) in [6.07, 6.45) is 0. The first-order valence-electron chi connectivity index (χ1n) is 9.99. The zero-order valence-electron chi connectivity index (χ0n) is 18.3. The largest absolute Gasteiger partial charge is 0.497 e. The van der Waals surface area contributed by atoms with Crippen LogP contribution in [0.15, 0.2) is 66.7 Å². The highest BCUT2D eigenvalue weighted by Gasteiger charge is 2.14. The van der Waals surface area contributed by atoms with E-state index in [-0.39, 0.29) is 0 Å². The van der Waals surface area contributed by atoms with E-state index < -0.39 is 0 Å². The number of rotatable bonds is 8. The number of methoxy groups -OCH3 is 3. The SMILES string of the molecule is COc1ccc(CN(Cc2ccc(OC)cc2)C(=S)Nc2cc(C)ccc2OC)cc1. The molecule has 0 aromatic heterocycles. The second-order valence-electron chi connectivity index (χ2n) is 7.19. The van der Waals surface area contributed by atoms with Gasteiger partial charge in [0.05, 0.1) is 27.0 Å².